The summed E-state index contributed by atoms with van der Waals surface area (Å²) in [7, 11) is -2.00. The predicted molar refractivity (Wildman–Crippen MR) is 97.6 cm³/mol. The summed E-state index contributed by atoms with van der Waals surface area (Å²) < 4.78 is 28.5. The molecule has 0 spiro atoms. The van der Waals surface area contributed by atoms with E-state index in [-0.39, 0.29) is 11.4 Å². The summed E-state index contributed by atoms with van der Waals surface area (Å²) in [4.78, 5) is 4.41. The van der Waals surface area contributed by atoms with Gasteiger partial charge in [-0.3, -0.25) is 0 Å². The van der Waals surface area contributed by atoms with Crippen LogP contribution in [0.15, 0.2) is 72.0 Å². The number of sulfonamides is 1. The minimum Gasteiger partial charge on any atom is -0.329 e. The first-order valence-electron chi connectivity index (χ1n) is 8.00. The minimum absolute atomic E-state index is 0.216. The van der Waals surface area contributed by atoms with E-state index >= 15 is 0 Å². The Bertz CT molecular complexity index is 1020. The predicted octanol–water partition coefficient (Wildman–Crippen LogP) is 2.62. The van der Waals surface area contributed by atoms with Crippen molar-refractivity contribution in [3.8, 4) is 6.07 Å². The van der Waals surface area contributed by atoms with Crippen LogP contribution in [0.25, 0.3) is 0 Å². The van der Waals surface area contributed by atoms with Gasteiger partial charge in [0.25, 0.3) is 0 Å². The Morgan fingerprint density at radius 2 is 1.81 bits per heavy atom. The summed E-state index contributed by atoms with van der Waals surface area (Å²) in [6, 6.07) is 17.7. The lowest BCUT2D eigenvalue weighted by atomic mass is 10.1. The van der Waals surface area contributed by atoms with E-state index in [9.17, 15) is 8.42 Å². The second-order valence-electron chi connectivity index (χ2n) is 5.90. The molecular weight excluding hydrogens is 348 g/mol. The smallest absolute Gasteiger partial charge is 0.243 e. The van der Waals surface area contributed by atoms with Crippen LogP contribution in [0.4, 0.5) is 0 Å². The minimum atomic E-state index is -3.56. The molecule has 0 unspecified atom stereocenters. The van der Waals surface area contributed by atoms with E-state index in [1.807, 2.05) is 16.7 Å². The molecule has 0 fully saturated rings. The van der Waals surface area contributed by atoms with E-state index in [1.165, 1.54) is 4.31 Å². The lowest BCUT2D eigenvalue weighted by Crippen LogP contribution is -2.27. The molecule has 0 aliphatic rings. The van der Waals surface area contributed by atoms with Gasteiger partial charge in [-0.1, -0.05) is 30.3 Å². The van der Waals surface area contributed by atoms with Crippen LogP contribution in [-0.2, 0) is 23.1 Å². The van der Waals surface area contributed by atoms with Gasteiger partial charge in [-0.25, -0.2) is 13.4 Å². The highest BCUT2D eigenvalue weighted by Gasteiger charge is 2.21. The molecule has 0 radical (unpaired) electrons. The van der Waals surface area contributed by atoms with E-state index in [0.717, 1.165) is 11.3 Å². The molecule has 7 heteroatoms. The Hall–Kier alpha value is -2.95. The average Bonchev–Trinajstić information content (AvgIpc) is 3.09. The quantitative estimate of drug-likeness (QED) is 0.672. The highest BCUT2D eigenvalue weighted by atomic mass is 32.2. The van der Waals surface area contributed by atoms with E-state index in [0.29, 0.717) is 12.1 Å². The van der Waals surface area contributed by atoms with E-state index in [4.69, 9.17) is 5.26 Å². The number of benzene rings is 2. The summed E-state index contributed by atoms with van der Waals surface area (Å²) >= 11 is 0. The highest BCUT2D eigenvalue weighted by Crippen LogP contribution is 2.17. The standard InChI is InChI=1S/C19H18N4O2S/c1-22(26(24,25)19-5-3-2-4-6-19)14-18-12-21-15-23(18)13-17-9-7-16(11-20)8-10-17/h2-10,12,15H,13-14H2,1H3. The summed E-state index contributed by atoms with van der Waals surface area (Å²) in [5.74, 6) is 0. The lowest BCUT2D eigenvalue weighted by molar-refractivity contribution is 0.454. The number of hydrogen-bond acceptors (Lipinski definition) is 4. The molecule has 0 N–H and O–H groups in total. The van der Waals surface area contributed by atoms with Gasteiger partial charge in [0.05, 0.1) is 35.1 Å². The van der Waals surface area contributed by atoms with Crippen LogP contribution in [0.1, 0.15) is 16.8 Å². The second kappa shape index (κ2) is 7.52. The molecule has 2 aromatic carbocycles. The Labute approximate surface area is 153 Å². The van der Waals surface area contributed by atoms with Crippen molar-refractivity contribution in [2.45, 2.75) is 18.0 Å². The second-order valence-corrected chi connectivity index (χ2v) is 7.94. The Morgan fingerprint density at radius 1 is 1.12 bits per heavy atom. The van der Waals surface area contributed by atoms with E-state index in [1.54, 1.807) is 62.0 Å². The third-order valence-corrected chi connectivity index (χ3v) is 5.89. The largest absolute Gasteiger partial charge is 0.329 e. The van der Waals surface area contributed by atoms with Crippen molar-refractivity contribution in [1.29, 1.82) is 5.26 Å². The van der Waals surface area contributed by atoms with Gasteiger partial charge in [-0.2, -0.15) is 9.57 Å². The first kappa shape index (κ1) is 17.9. The van der Waals surface area contributed by atoms with Crippen molar-refractivity contribution in [3.63, 3.8) is 0 Å². The normalized spacial score (nSPS) is 11.4. The van der Waals surface area contributed by atoms with E-state index < -0.39 is 10.0 Å². The van der Waals surface area contributed by atoms with Gasteiger partial charge in [0.15, 0.2) is 0 Å². The van der Waals surface area contributed by atoms with Crippen LogP contribution in [0.5, 0.6) is 0 Å². The van der Waals surface area contributed by atoms with Crippen LogP contribution >= 0.6 is 0 Å². The van der Waals surface area contributed by atoms with Gasteiger partial charge in [0.2, 0.25) is 10.0 Å². The molecule has 0 saturated carbocycles. The maximum Gasteiger partial charge on any atom is 0.243 e. The van der Waals surface area contributed by atoms with Gasteiger partial charge >= 0.3 is 0 Å². The highest BCUT2D eigenvalue weighted by molar-refractivity contribution is 7.89. The molecular formula is C19H18N4O2S. The molecule has 0 aliphatic heterocycles. The van der Waals surface area contributed by atoms with Crippen molar-refractivity contribution in [1.82, 2.24) is 13.9 Å². The van der Waals surface area contributed by atoms with Crippen LogP contribution in [0.3, 0.4) is 0 Å². The number of nitrogens with zero attached hydrogens (tertiary/aromatic N) is 4. The number of rotatable bonds is 6. The molecule has 0 atom stereocenters. The molecule has 26 heavy (non-hydrogen) atoms. The van der Waals surface area contributed by atoms with Crippen LogP contribution < -0.4 is 0 Å². The monoisotopic (exact) mass is 366 g/mol. The fourth-order valence-corrected chi connectivity index (χ4v) is 3.75. The molecule has 1 heterocycles. The first-order valence-corrected chi connectivity index (χ1v) is 9.44. The third-order valence-electron chi connectivity index (χ3n) is 4.07. The average molecular weight is 366 g/mol. The van der Waals surface area contributed by atoms with E-state index in [2.05, 4.69) is 11.1 Å². The van der Waals surface area contributed by atoms with Gasteiger partial charge < -0.3 is 4.57 Å². The molecule has 3 rings (SSSR count). The zero-order chi connectivity index (χ0) is 18.6. The zero-order valence-corrected chi connectivity index (χ0v) is 15.1. The van der Waals surface area contributed by atoms with Crippen LogP contribution in [0, 0.1) is 11.3 Å². The maximum atomic E-state index is 12.7. The number of imidazole rings is 1. The maximum absolute atomic E-state index is 12.7. The molecule has 0 saturated heterocycles. The molecule has 0 bridgehead atoms. The summed E-state index contributed by atoms with van der Waals surface area (Å²) in [5.41, 5.74) is 2.40. The molecule has 132 valence electrons. The van der Waals surface area contributed by atoms with Crippen LogP contribution in [0.2, 0.25) is 0 Å². The fourth-order valence-electron chi connectivity index (χ4n) is 2.59. The summed E-state index contributed by atoms with van der Waals surface area (Å²) in [5, 5.41) is 8.87. The lowest BCUT2D eigenvalue weighted by Gasteiger charge is -2.18. The summed E-state index contributed by atoms with van der Waals surface area (Å²) in [6.45, 7) is 0.772. The fraction of sp³-hybridized carbons (Fsp3) is 0.158. The van der Waals surface area contributed by atoms with Gasteiger partial charge in [-0.05, 0) is 29.8 Å². The molecule has 6 nitrogen and oxygen atoms in total. The first-order chi connectivity index (χ1) is 12.5. The number of hydrogen-bond donors (Lipinski definition) is 0. The molecule has 3 aromatic rings. The van der Waals surface area contributed by atoms with Crippen molar-refractivity contribution in [3.05, 3.63) is 83.9 Å². The molecule has 0 aliphatic carbocycles. The Balaban J connectivity index is 1.77. The third kappa shape index (κ3) is 3.82. The van der Waals surface area contributed by atoms with Gasteiger partial charge in [0.1, 0.15) is 0 Å². The van der Waals surface area contributed by atoms with Crippen molar-refractivity contribution in [2.75, 3.05) is 7.05 Å². The van der Waals surface area contributed by atoms with Gasteiger partial charge in [0, 0.05) is 19.8 Å². The Morgan fingerprint density at radius 3 is 2.46 bits per heavy atom. The Kier molecular flexibility index (Phi) is 5.16. The SMILES string of the molecule is CN(Cc1cncn1Cc1ccc(C#N)cc1)S(=O)(=O)c1ccccc1. The van der Waals surface area contributed by atoms with Crippen molar-refractivity contribution >= 4 is 10.0 Å². The van der Waals surface area contributed by atoms with Crippen molar-refractivity contribution in [2.24, 2.45) is 0 Å². The van der Waals surface area contributed by atoms with Crippen molar-refractivity contribution < 1.29 is 8.42 Å². The number of nitriles is 1. The zero-order valence-electron chi connectivity index (χ0n) is 14.3. The molecule has 1 aromatic heterocycles. The number of aromatic nitrogens is 2. The van der Waals surface area contributed by atoms with Gasteiger partial charge in [-0.15, -0.1) is 0 Å². The summed E-state index contributed by atoms with van der Waals surface area (Å²) in [6.07, 6.45) is 3.34. The topological polar surface area (TPSA) is 79.0 Å². The molecule has 0 amide bonds. The van der Waals surface area contributed by atoms with Crippen LogP contribution in [-0.4, -0.2) is 29.3 Å².